The van der Waals surface area contributed by atoms with Crippen LogP contribution in [0.4, 0.5) is 11.6 Å². The fraction of sp³-hybridized carbons (Fsp3) is 0.714. The van der Waals surface area contributed by atoms with Crippen LogP contribution >= 0.6 is 0 Å². The van der Waals surface area contributed by atoms with E-state index < -0.39 is 0 Å². The van der Waals surface area contributed by atoms with E-state index in [2.05, 4.69) is 32.4 Å². The molecule has 0 spiro atoms. The van der Waals surface area contributed by atoms with Gasteiger partial charge in [-0.1, -0.05) is 6.92 Å². The zero-order valence-corrected chi connectivity index (χ0v) is 13.5. The van der Waals surface area contributed by atoms with E-state index >= 15 is 0 Å². The van der Waals surface area contributed by atoms with Crippen molar-refractivity contribution in [1.29, 1.82) is 0 Å². The van der Waals surface area contributed by atoms with Crippen LogP contribution in [0.5, 0.6) is 5.75 Å². The summed E-state index contributed by atoms with van der Waals surface area (Å²) in [6.45, 7) is 5.89. The minimum Gasteiger partial charge on any atom is -0.490 e. The Morgan fingerprint density at radius 2 is 1.76 bits per heavy atom. The second kappa shape index (κ2) is 10.2. The topological polar surface area (TPSA) is 71.5 Å². The molecule has 0 bridgehead atoms. The second-order valence-corrected chi connectivity index (χ2v) is 4.87. The van der Waals surface area contributed by atoms with Crippen LogP contribution in [0.15, 0.2) is 6.33 Å². The fourth-order valence-electron chi connectivity index (χ4n) is 1.65. The van der Waals surface area contributed by atoms with Gasteiger partial charge in [-0.25, -0.2) is 9.97 Å². The smallest absolute Gasteiger partial charge is 0.204 e. The Morgan fingerprint density at radius 1 is 1.10 bits per heavy atom. The number of likely N-dealkylation sites (N-methyl/N-ethyl adjacent to an activating group) is 1. The molecule has 0 aliphatic heterocycles. The Balaban J connectivity index is 2.43. The van der Waals surface area contributed by atoms with Gasteiger partial charge in [-0.05, 0) is 20.5 Å². The van der Waals surface area contributed by atoms with Crippen molar-refractivity contribution in [3.8, 4) is 5.75 Å². The lowest BCUT2D eigenvalue weighted by molar-refractivity contribution is 0.126. The Morgan fingerprint density at radius 3 is 2.33 bits per heavy atom. The average Bonchev–Trinajstić information content (AvgIpc) is 2.48. The maximum Gasteiger partial charge on any atom is 0.204 e. The van der Waals surface area contributed by atoms with Crippen molar-refractivity contribution in [2.24, 2.45) is 0 Å². The minimum absolute atomic E-state index is 0.624. The molecule has 1 rings (SSSR count). The van der Waals surface area contributed by atoms with Crippen molar-refractivity contribution in [3.05, 3.63) is 6.33 Å². The number of anilines is 2. The molecule has 7 nitrogen and oxygen atoms in total. The molecule has 1 aromatic rings. The largest absolute Gasteiger partial charge is 0.490 e. The fourth-order valence-corrected chi connectivity index (χ4v) is 1.65. The Labute approximate surface area is 127 Å². The maximum absolute atomic E-state index is 5.53. The molecule has 1 heterocycles. The van der Waals surface area contributed by atoms with Crippen LogP contribution in [-0.2, 0) is 4.74 Å². The highest BCUT2D eigenvalue weighted by molar-refractivity contribution is 5.63. The van der Waals surface area contributed by atoms with Crippen LogP contribution in [0.25, 0.3) is 0 Å². The molecule has 0 aliphatic rings. The molecule has 0 aromatic carbocycles. The Kier molecular flexibility index (Phi) is 8.45. The summed E-state index contributed by atoms with van der Waals surface area (Å²) in [5.41, 5.74) is 0. The van der Waals surface area contributed by atoms with E-state index in [0.717, 1.165) is 26.1 Å². The van der Waals surface area contributed by atoms with Gasteiger partial charge in [0.05, 0.1) is 20.3 Å². The highest BCUT2D eigenvalue weighted by Crippen LogP contribution is 2.28. The predicted octanol–water partition coefficient (Wildman–Crippen LogP) is 1.30. The molecule has 2 N–H and O–H groups in total. The molecule has 0 radical (unpaired) electrons. The molecule has 7 heteroatoms. The Hall–Kier alpha value is -1.60. The van der Waals surface area contributed by atoms with Gasteiger partial charge in [0.25, 0.3) is 0 Å². The van der Waals surface area contributed by atoms with Gasteiger partial charge in [0.15, 0.2) is 11.6 Å². The normalized spacial score (nSPS) is 10.7. The quantitative estimate of drug-likeness (QED) is 0.596. The number of aromatic nitrogens is 2. The van der Waals surface area contributed by atoms with E-state index in [1.807, 2.05) is 14.1 Å². The van der Waals surface area contributed by atoms with Gasteiger partial charge >= 0.3 is 0 Å². The highest BCUT2D eigenvalue weighted by Gasteiger charge is 2.10. The molecule has 0 saturated heterocycles. The van der Waals surface area contributed by atoms with Crippen LogP contribution < -0.4 is 15.4 Å². The third-order valence-electron chi connectivity index (χ3n) is 2.77. The van der Waals surface area contributed by atoms with Crippen LogP contribution in [0.2, 0.25) is 0 Å². The molecule has 120 valence electrons. The summed E-state index contributed by atoms with van der Waals surface area (Å²) < 4.78 is 10.9. The number of methoxy groups -OCH3 is 1. The lowest BCUT2D eigenvalue weighted by atomic mass is 10.4. The van der Waals surface area contributed by atoms with E-state index in [4.69, 9.17) is 9.47 Å². The summed E-state index contributed by atoms with van der Waals surface area (Å²) in [5.74, 6) is 2.03. The third-order valence-corrected chi connectivity index (χ3v) is 2.77. The molecule has 0 atom stereocenters. The molecule has 0 aliphatic carbocycles. The number of nitrogens with zero attached hydrogens (tertiary/aromatic N) is 3. The molecule has 21 heavy (non-hydrogen) atoms. The number of nitrogens with one attached hydrogen (secondary N) is 2. The molecule has 0 saturated carbocycles. The van der Waals surface area contributed by atoms with Crippen molar-refractivity contribution in [2.75, 3.05) is 64.7 Å². The van der Waals surface area contributed by atoms with Crippen molar-refractivity contribution < 1.29 is 9.47 Å². The van der Waals surface area contributed by atoms with E-state index in [1.165, 1.54) is 6.33 Å². The van der Waals surface area contributed by atoms with Crippen LogP contribution in [0.1, 0.15) is 13.3 Å². The lowest BCUT2D eigenvalue weighted by Crippen LogP contribution is -2.20. The average molecular weight is 297 g/mol. The monoisotopic (exact) mass is 297 g/mol. The van der Waals surface area contributed by atoms with Crippen molar-refractivity contribution >= 4 is 11.6 Å². The third kappa shape index (κ3) is 6.59. The maximum atomic E-state index is 5.53. The summed E-state index contributed by atoms with van der Waals surface area (Å²) in [6, 6.07) is 0. The number of hydrogen-bond acceptors (Lipinski definition) is 7. The van der Waals surface area contributed by atoms with Gasteiger partial charge in [-0.15, -0.1) is 0 Å². The molecule has 1 aromatic heterocycles. The highest BCUT2D eigenvalue weighted by atomic mass is 16.5. The van der Waals surface area contributed by atoms with Crippen LogP contribution in [0, 0.1) is 0 Å². The molecular formula is C14H27N5O2. The zero-order valence-electron chi connectivity index (χ0n) is 13.5. The summed E-state index contributed by atoms with van der Waals surface area (Å²) in [6.07, 6.45) is 2.55. The van der Waals surface area contributed by atoms with Crippen LogP contribution in [-0.4, -0.2) is 68.9 Å². The molecule has 0 fully saturated rings. The van der Waals surface area contributed by atoms with Crippen molar-refractivity contribution in [1.82, 2.24) is 14.9 Å². The lowest BCUT2D eigenvalue weighted by Gasteiger charge is -2.14. The first-order valence-electron chi connectivity index (χ1n) is 7.28. The van der Waals surface area contributed by atoms with E-state index in [-0.39, 0.29) is 0 Å². The van der Waals surface area contributed by atoms with Gasteiger partial charge in [-0.3, -0.25) is 0 Å². The number of rotatable bonds is 11. The second-order valence-electron chi connectivity index (χ2n) is 4.87. The molecule has 0 amide bonds. The zero-order chi connectivity index (χ0) is 15.5. The van der Waals surface area contributed by atoms with Gasteiger partial charge in [0.2, 0.25) is 5.75 Å². The van der Waals surface area contributed by atoms with Gasteiger partial charge < -0.3 is 25.0 Å². The summed E-state index contributed by atoms with van der Waals surface area (Å²) >= 11 is 0. The summed E-state index contributed by atoms with van der Waals surface area (Å²) in [5, 5.41) is 6.44. The summed E-state index contributed by atoms with van der Waals surface area (Å²) in [4.78, 5) is 10.5. The van der Waals surface area contributed by atoms with E-state index in [1.54, 1.807) is 7.11 Å². The standard InChI is InChI=1S/C14H27N5O2/c1-5-6-15-13-12(20-4)14(18-11-17-13)16-7-9-21-10-8-19(2)3/h11H,5-10H2,1-4H3,(H2,15,16,17,18). The Bertz CT molecular complexity index is 401. The number of hydrogen-bond donors (Lipinski definition) is 2. The van der Waals surface area contributed by atoms with Crippen molar-refractivity contribution in [3.63, 3.8) is 0 Å². The van der Waals surface area contributed by atoms with Crippen molar-refractivity contribution in [2.45, 2.75) is 13.3 Å². The van der Waals surface area contributed by atoms with Crippen LogP contribution in [0.3, 0.4) is 0 Å². The molecule has 0 unspecified atom stereocenters. The van der Waals surface area contributed by atoms with Gasteiger partial charge in [-0.2, -0.15) is 0 Å². The van der Waals surface area contributed by atoms with E-state index in [0.29, 0.717) is 30.5 Å². The number of ether oxygens (including phenoxy) is 2. The first-order valence-corrected chi connectivity index (χ1v) is 7.28. The van der Waals surface area contributed by atoms with E-state index in [9.17, 15) is 0 Å². The SMILES string of the molecule is CCCNc1ncnc(NCCOCCN(C)C)c1OC. The summed E-state index contributed by atoms with van der Waals surface area (Å²) in [7, 11) is 5.67. The van der Waals surface area contributed by atoms with Gasteiger partial charge in [0, 0.05) is 19.6 Å². The van der Waals surface area contributed by atoms with Gasteiger partial charge in [0.1, 0.15) is 6.33 Å². The molecular weight excluding hydrogens is 270 g/mol. The predicted molar refractivity (Wildman–Crippen MR) is 85.2 cm³/mol. The first kappa shape index (κ1) is 17.5. The minimum atomic E-state index is 0.624. The first-order chi connectivity index (χ1) is 10.2.